The summed E-state index contributed by atoms with van der Waals surface area (Å²) in [5.74, 6) is 0.376. The lowest BCUT2D eigenvalue weighted by atomic mass is 10.1. The Morgan fingerprint density at radius 1 is 1.27 bits per heavy atom. The van der Waals surface area contributed by atoms with E-state index in [9.17, 15) is 5.11 Å². The molecule has 1 atom stereocenters. The number of nitrogens with one attached hydrogen (secondary N) is 1. The fourth-order valence-electron chi connectivity index (χ4n) is 1.73. The van der Waals surface area contributed by atoms with E-state index in [1.54, 1.807) is 0 Å². The van der Waals surface area contributed by atoms with Crippen LogP contribution in [0.3, 0.4) is 0 Å². The second-order valence-corrected chi connectivity index (χ2v) is 4.29. The van der Waals surface area contributed by atoms with Gasteiger partial charge in [0.2, 0.25) is 0 Å². The Morgan fingerprint density at radius 3 is 2.53 bits per heavy atom. The van der Waals surface area contributed by atoms with Crippen LogP contribution in [0.5, 0.6) is 5.75 Å². The Bertz CT molecular complexity index is 334. The van der Waals surface area contributed by atoms with Crippen molar-refractivity contribution in [1.29, 1.82) is 0 Å². The zero-order valence-electron chi connectivity index (χ0n) is 10.1. The number of aryl methyl sites for hydroxylation is 2. The molecule has 1 aromatic carbocycles. The lowest BCUT2D eigenvalue weighted by Crippen LogP contribution is -2.15. The molecule has 0 aliphatic rings. The van der Waals surface area contributed by atoms with E-state index in [0.29, 0.717) is 11.8 Å². The number of rotatable bonds is 4. The van der Waals surface area contributed by atoms with E-state index >= 15 is 0 Å². The Kier molecular flexibility index (Phi) is 4.01. The van der Waals surface area contributed by atoms with E-state index in [1.807, 2.05) is 26.0 Å². The van der Waals surface area contributed by atoms with Crippen LogP contribution < -0.4 is 5.32 Å². The van der Waals surface area contributed by atoms with E-state index in [4.69, 9.17) is 0 Å². The van der Waals surface area contributed by atoms with Gasteiger partial charge in [-0.05, 0) is 50.5 Å². The smallest absolute Gasteiger partial charge is 0.118 e. The number of phenols is 1. The van der Waals surface area contributed by atoms with Crippen LogP contribution in [0.4, 0.5) is 5.69 Å². The normalized spacial score (nSPS) is 12.5. The van der Waals surface area contributed by atoms with Crippen molar-refractivity contribution >= 4 is 5.69 Å². The Hall–Kier alpha value is -1.18. The third kappa shape index (κ3) is 3.15. The molecule has 0 aliphatic heterocycles. The van der Waals surface area contributed by atoms with Crippen LogP contribution in [-0.4, -0.2) is 11.1 Å². The van der Waals surface area contributed by atoms with Gasteiger partial charge in [-0.15, -0.1) is 0 Å². The molecule has 0 bridgehead atoms. The van der Waals surface area contributed by atoms with E-state index in [-0.39, 0.29) is 0 Å². The van der Waals surface area contributed by atoms with Gasteiger partial charge in [-0.3, -0.25) is 0 Å². The molecule has 0 heterocycles. The number of aromatic hydroxyl groups is 1. The molecule has 0 aliphatic carbocycles. The maximum absolute atomic E-state index is 9.53. The van der Waals surface area contributed by atoms with Crippen molar-refractivity contribution in [2.45, 2.75) is 46.6 Å². The molecule has 84 valence electrons. The molecule has 0 saturated heterocycles. The average Bonchev–Trinajstić information content (AvgIpc) is 2.14. The molecule has 0 aromatic heterocycles. The van der Waals surface area contributed by atoms with Crippen LogP contribution in [-0.2, 0) is 0 Å². The number of benzene rings is 1. The third-order valence-corrected chi connectivity index (χ3v) is 2.67. The van der Waals surface area contributed by atoms with Gasteiger partial charge < -0.3 is 10.4 Å². The fraction of sp³-hybridized carbons (Fsp3) is 0.538. The van der Waals surface area contributed by atoms with Gasteiger partial charge >= 0.3 is 0 Å². The molecular formula is C13H21NO. The quantitative estimate of drug-likeness (QED) is 0.739. The molecule has 1 unspecified atom stereocenters. The fourth-order valence-corrected chi connectivity index (χ4v) is 1.73. The SMILES string of the molecule is CCCC(C)Nc1cc(C)c(O)cc1C. The van der Waals surface area contributed by atoms with Crippen molar-refractivity contribution in [3.63, 3.8) is 0 Å². The molecule has 15 heavy (non-hydrogen) atoms. The number of anilines is 1. The molecule has 1 aromatic rings. The summed E-state index contributed by atoms with van der Waals surface area (Å²) in [6.45, 7) is 8.31. The Labute approximate surface area is 92.3 Å². The van der Waals surface area contributed by atoms with Gasteiger partial charge in [-0.2, -0.15) is 0 Å². The number of hydrogen-bond acceptors (Lipinski definition) is 2. The summed E-state index contributed by atoms with van der Waals surface area (Å²) in [5, 5.41) is 13.0. The first-order chi connectivity index (χ1) is 7.04. The summed E-state index contributed by atoms with van der Waals surface area (Å²) in [6, 6.07) is 4.31. The topological polar surface area (TPSA) is 32.3 Å². The molecule has 2 nitrogen and oxygen atoms in total. The molecule has 0 radical (unpaired) electrons. The van der Waals surface area contributed by atoms with Gasteiger partial charge in [0.25, 0.3) is 0 Å². The molecule has 1 rings (SSSR count). The monoisotopic (exact) mass is 207 g/mol. The minimum absolute atomic E-state index is 0.376. The first-order valence-corrected chi connectivity index (χ1v) is 5.61. The van der Waals surface area contributed by atoms with Crippen molar-refractivity contribution in [2.24, 2.45) is 0 Å². The highest BCUT2D eigenvalue weighted by Crippen LogP contribution is 2.25. The van der Waals surface area contributed by atoms with E-state index in [0.717, 1.165) is 16.8 Å². The van der Waals surface area contributed by atoms with Crippen LogP contribution in [0.1, 0.15) is 37.8 Å². The minimum atomic E-state index is 0.376. The summed E-state index contributed by atoms with van der Waals surface area (Å²) in [6.07, 6.45) is 2.35. The second-order valence-electron chi connectivity index (χ2n) is 4.29. The van der Waals surface area contributed by atoms with Gasteiger partial charge in [0.1, 0.15) is 5.75 Å². The van der Waals surface area contributed by atoms with Crippen molar-refractivity contribution in [3.05, 3.63) is 23.3 Å². The van der Waals surface area contributed by atoms with Crippen molar-refractivity contribution in [2.75, 3.05) is 5.32 Å². The van der Waals surface area contributed by atoms with Gasteiger partial charge in [-0.25, -0.2) is 0 Å². The second kappa shape index (κ2) is 5.06. The molecule has 0 amide bonds. The van der Waals surface area contributed by atoms with Crippen LogP contribution in [0.2, 0.25) is 0 Å². The molecule has 0 spiro atoms. The predicted octanol–water partition coefficient (Wildman–Crippen LogP) is 3.61. The minimum Gasteiger partial charge on any atom is -0.508 e. The summed E-state index contributed by atoms with van der Waals surface area (Å²) >= 11 is 0. The molecular weight excluding hydrogens is 186 g/mol. The van der Waals surface area contributed by atoms with Crippen LogP contribution in [0.25, 0.3) is 0 Å². The van der Waals surface area contributed by atoms with Crippen LogP contribution in [0.15, 0.2) is 12.1 Å². The zero-order chi connectivity index (χ0) is 11.4. The number of phenolic OH excluding ortho intramolecular Hbond substituents is 1. The van der Waals surface area contributed by atoms with Gasteiger partial charge in [0.15, 0.2) is 0 Å². The van der Waals surface area contributed by atoms with Gasteiger partial charge in [0, 0.05) is 11.7 Å². The van der Waals surface area contributed by atoms with E-state index < -0.39 is 0 Å². The lowest BCUT2D eigenvalue weighted by molar-refractivity contribution is 0.470. The third-order valence-electron chi connectivity index (χ3n) is 2.67. The van der Waals surface area contributed by atoms with Crippen molar-refractivity contribution in [3.8, 4) is 5.75 Å². The summed E-state index contributed by atoms with van der Waals surface area (Å²) in [5.41, 5.74) is 3.15. The molecule has 0 saturated carbocycles. The van der Waals surface area contributed by atoms with Crippen LogP contribution >= 0.6 is 0 Å². The maximum Gasteiger partial charge on any atom is 0.118 e. The zero-order valence-corrected chi connectivity index (χ0v) is 10.1. The highest BCUT2D eigenvalue weighted by molar-refractivity contribution is 5.57. The summed E-state index contributed by atoms with van der Waals surface area (Å²) in [7, 11) is 0. The predicted molar refractivity (Wildman–Crippen MR) is 65.6 cm³/mol. The first kappa shape index (κ1) is 11.9. The van der Waals surface area contributed by atoms with Gasteiger partial charge in [0.05, 0.1) is 0 Å². The highest BCUT2D eigenvalue weighted by Gasteiger charge is 2.06. The summed E-state index contributed by atoms with van der Waals surface area (Å²) < 4.78 is 0. The molecule has 2 heteroatoms. The lowest BCUT2D eigenvalue weighted by Gasteiger charge is -2.17. The molecule has 2 N–H and O–H groups in total. The molecule has 0 fully saturated rings. The van der Waals surface area contributed by atoms with Crippen LogP contribution in [0, 0.1) is 13.8 Å². The van der Waals surface area contributed by atoms with Crippen molar-refractivity contribution in [1.82, 2.24) is 0 Å². The van der Waals surface area contributed by atoms with E-state index in [1.165, 1.54) is 12.8 Å². The highest BCUT2D eigenvalue weighted by atomic mass is 16.3. The van der Waals surface area contributed by atoms with Gasteiger partial charge in [-0.1, -0.05) is 13.3 Å². The summed E-state index contributed by atoms with van der Waals surface area (Å²) in [4.78, 5) is 0. The van der Waals surface area contributed by atoms with Crippen molar-refractivity contribution < 1.29 is 5.11 Å². The standard InChI is InChI=1S/C13H21NO/c1-5-6-11(4)14-12-7-10(3)13(15)8-9(12)2/h7-8,11,14-15H,5-6H2,1-4H3. The Morgan fingerprint density at radius 2 is 1.93 bits per heavy atom. The number of hydrogen-bond donors (Lipinski definition) is 2. The largest absolute Gasteiger partial charge is 0.508 e. The Balaban J connectivity index is 2.81. The first-order valence-electron chi connectivity index (χ1n) is 5.61. The maximum atomic E-state index is 9.53. The average molecular weight is 207 g/mol. The van der Waals surface area contributed by atoms with E-state index in [2.05, 4.69) is 19.2 Å².